The molecule has 0 unspecified atom stereocenters. The number of ether oxygens (including phenoxy) is 2. The molecule has 0 aliphatic rings. The molecule has 0 bridgehead atoms. The van der Waals surface area contributed by atoms with Crippen molar-refractivity contribution in [2.75, 3.05) is 0 Å². The van der Waals surface area contributed by atoms with E-state index in [0.717, 1.165) is 85.5 Å². The smallest absolute Gasteiger partial charge is 0.476 e. The van der Waals surface area contributed by atoms with Crippen LogP contribution in [-0.4, -0.2) is 100 Å². The van der Waals surface area contributed by atoms with Gasteiger partial charge in [0.25, 0.3) is 0 Å². The van der Waals surface area contributed by atoms with Gasteiger partial charge in [-0.3, -0.25) is 37.2 Å². The maximum atomic E-state index is 14.2. The number of carboxylic acids is 1. The SMILES string of the molecule is CC(C)(c1[c-]c(-n2cccn2)ccc1)c1cccc(-c2[c-]cc(F)cc2F)n1.CC(C)(c1[c-]c(-n2cccn2)ccc1)c1ccn(-c2[c-]cccc2)n1.CC(C)(c1[c-]c(-n2cccn2)ccc1)c1ccn(Cc2[c-]cccc2)n1.CC(C)(c1[c-]c(C(=O)n2cccn2)ccc1)c1cccc(Oc2[c-]cccc2)n1.Cn1cc(C(=O)O)nc1-c1[c-]c(Oc2ccccn2)ccc1.[Pt+2].[Pt+2].[Pt+2].[Pt+2].[Pt]. The topological polar surface area (TPSA) is 236 Å². The first-order valence-electron chi connectivity index (χ1n) is 41.4. The largest absolute Gasteiger partial charge is 2.00 e. The second-order valence-electron chi connectivity index (χ2n) is 31.8. The molecule has 0 saturated carbocycles. The first-order valence-corrected chi connectivity index (χ1v) is 41.4. The van der Waals surface area contributed by atoms with Gasteiger partial charge in [0.1, 0.15) is 0 Å². The van der Waals surface area contributed by atoms with Crippen molar-refractivity contribution in [2.24, 2.45) is 7.05 Å². The van der Waals surface area contributed by atoms with Gasteiger partial charge in [-0.1, -0.05) is 103 Å². The average molecular weight is 2690 g/mol. The maximum absolute atomic E-state index is 14.2. The van der Waals surface area contributed by atoms with E-state index in [0.29, 0.717) is 52.4 Å². The minimum absolute atomic E-state index is 0. The summed E-state index contributed by atoms with van der Waals surface area (Å²) in [4.78, 5) is 41.1. The Kier molecular flexibility index (Phi) is 36.8. The molecule has 690 valence electrons. The van der Waals surface area contributed by atoms with E-state index < -0.39 is 28.4 Å². The van der Waals surface area contributed by atoms with Crippen molar-refractivity contribution in [3.63, 3.8) is 0 Å². The van der Waals surface area contributed by atoms with Gasteiger partial charge in [0, 0.05) is 172 Å². The molecule has 22 nitrogen and oxygen atoms in total. The fourth-order valence-corrected chi connectivity index (χ4v) is 13.8. The number of pyridine rings is 3. The Bertz CT molecular complexity index is 6970. The predicted octanol–water partition coefficient (Wildman–Crippen LogP) is 20.6. The molecule has 10 aromatic heterocycles. The number of carbonyl (C=O) groups is 2. The van der Waals surface area contributed by atoms with E-state index in [2.05, 4.69) is 153 Å². The Hall–Kier alpha value is -13.1. The van der Waals surface area contributed by atoms with Crippen molar-refractivity contribution in [3.05, 3.63) is 469 Å². The molecule has 10 heterocycles. The third-order valence-electron chi connectivity index (χ3n) is 21.3. The van der Waals surface area contributed by atoms with Crippen molar-refractivity contribution < 1.29 is 138 Å². The monoisotopic (exact) mass is 2690 g/mol. The Morgan fingerprint density at radius 1 is 0.422 bits per heavy atom. The first-order chi connectivity index (χ1) is 62.9. The van der Waals surface area contributed by atoms with Crippen LogP contribution < -0.4 is 9.47 Å². The fraction of sp³-hybridized carbons (Fsp3) is 0.132. The number of carboxylic acid groups (broad SMARTS) is 1. The molecule has 1 N–H and O–H groups in total. The molecule has 0 saturated heterocycles. The fourth-order valence-electron chi connectivity index (χ4n) is 13.8. The van der Waals surface area contributed by atoms with Crippen LogP contribution in [0.3, 0.4) is 0 Å². The number of hydrogen-bond acceptors (Lipinski definition) is 14. The van der Waals surface area contributed by atoms with Crippen LogP contribution in [0.2, 0.25) is 0 Å². The summed E-state index contributed by atoms with van der Waals surface area (Å²) in [5.74, 6) is -0.102. The van der Waals surface area contributed by atoms with Crippen LogP contribution in [-0.2, 0) is 141 Å². The van der Waals surface area contributed by atoms with E-state index in [4.69, 9.17) is 24.8 Å². The van der Waals surface area contributed by atoms with Gasteiger partial charge in [-0.2, -0.15) is 158 Å². The second-order valence-corrected chi connectivity index (χ2v) is 31.8. The minimum atomic E-state index is -1.07. The van der Waals surface area contributed by atoms with Crippen LogP contribution in [0.15, 0.2) is 341 Å². The van der Waals surface area contributed by atoms with Gasteiger partial charge in [0.05, 0.1) is 22.9 Å². The number of halogens is 2. The third-order valence-corrected chi connectivity index (χ3v) is 21.3. The number of hydrogen-bond donors (Lipinski definition) is 1. The molecule has 9 aromatic carbocycles. The first kappa shape index (κ1) is 104. The number of aromatic nitrogens is 17. The standard InChI is InChI=1S/C24H19N3O2.C23H17F2N3.C22H20N4.C21H18N4.C16H12N3O3.5Pt/c1-24(2,19-10-6-9-18(17-19)23(28)27-16-8-15-25-27)21-13-7-14-22(26-21)29-20-11-4-3-5-12-20;1-23(2,16-6-3-7-18(14-16)28-13-5-12-26-28)22-9-4-8-21(27-22)19-11-10-17(24)15-20(19)25;1-22(2,19-10-6-11-20(16-19)26-14-7-13-23-26)21-12-15-25(24-21)17-18-8-4-3-5-9-18;1-21(2,17-8-6-11-19(16-17)24-14-7-13-22-24)20-12-15-25(23-20)18-9-4-3-5-10-18;1-19-10-13(16(20)21)18-15(19)11-5-4-6-12(9-11)22-14-7-2-3-8-17-14;;;;;/h3-11,13-16H,1-2H3;3-10,12-13,15H,1-2H3;3-8,10-15H,17H2,1-2H3;3-9,11-15H,1-2H3;2-8,10H,1H3,(H,20,21);;;;;/q4*-2;-1;;4*+2. The molecule has 29 heteroatoms. The molecular formula is C106H86F2N17O5Pt5-. The van der Waals surface area contributed by atoms with E-state index >= 15 is 0 Å². The van der Waals surface area contributed by atoms with E-state index in [1.165, 1.54) is 10.9 Å². The summed E-state index contributed by atoms with van der Waals surface area (Å²) < 4.78 is 50.9. The van der Waals surface area contributed by atoms with Crippen molar-refractivity contribution in [1.82, 2.24) is 83.2 Å². The summed E-state index contributed by atoms with van der Waals surface area (Å²) in [5, 5.41) is 35.4. The zero-order valence-electron chi connectivity index (χ0n) is 74.1. The number of nitrogens with zero attached hydrogens (tertiary/aromatic N) is 17. The molecule has 0 fully saturated rings. The number of imidazole rings is 1. The molecule has 0 spiro atoms. The molecule has 135 heavy (non-hydrogen) atoms. The van der Waals surface area contributed by atoms with Gasteiger partial charge in [-0.15, -0.1) is 124 Å². The van der Waals surface area contributed by atoms with Gasteiger partial charge in [-0.25, -0.2) is 19.4 Å². The van der Waals surface area contributed by atoms with Crippen molar-refractivity contribution >= 4 is 11.9 Å². The minimum Gasteiger partial charge on any atom is -0.476 e. The zero-order chi connectivity index (χ0) is 90.8. The second kappa shape index (κ2) is 47.7. The molecular weight excluding hydrogens is 2600 g/mol. The Morgan fingerprint density at radius 2 is 0.926 bits per heavy atom. The zero-order valence-corrected chi connectivity index (χ0v) is 85.4. The van der Waals surface area contributed by atoms with E-state index in [1.54, 1.807) is 108 Å². The Morgan fingerprint density at radius 3 is 1.47 bits per heavy atom. The van der Waals surface area contributed by atoms with Gasteiger partial charge >= 0.3 is 90.2 Å². The van der Waals surface area contributed by atoms with E-state index in [9.17, 15) is 18.4 Å². The number of para-hydroxylation sites is 2. The van der Waals surface area contributed by atoms with Crippen LogP contribution >= 0.6 is 0 Å². The van der Waals surface area contributed by atoms with E-state index in [1.807, 2.05) is 247 Å². The van der Waals surface area contributed by atoms with Gasteiger partial charge in [0.15, 0.2) is 11.6 Å². The molecule has 0 radical (unpaired) electrons. The van der Waals surface area contributed by atoms with Crippen LogP contribution in [0.1, 0.15) is 127 Å². The molecule has 0 aliphatic carbocycles. The molecule has 19 aromatic rings. The van der Waals surface area contributed by atoms with Crippen LogP contribution in [0, 0.1) is 66.2 Å². The van der Waals surface area contributed by atoms with Gasteiger partial charge in [0.2, 0.25) is 11.8 Å². The normalized spacial score (nSPS) is 10.9. The van der Waals surface area contributed by atoms with Crippen LogP contribution in [0.4, 0.5) is 8.78 Å². The molecule has 19 rings (SSSR count). The van der Waals surface area contributed by atoms with Gasteiger partial charge in [-0.05, 0) is 83.0 Å². The number of aromatic carboxylic acids is 1. The molecule has 0 atom stereocenters. The third kappa shape index (κ3) is 26.1. The van der Waals surface area contributed by atoms with Crippen molar-refractivity contribution in [2.45, 2.75) is 83.6 Å². The predicted molar refractivity (Wildman–Crippen MR) is 489 cm³/mol. The Balaban J connectivity index is 0.000000173. The number of aryl methyl sites for hydroxylation is 1. The van der Waals surface area contributed by atoms with E-state index in [-0.39, 0.29) is 133 Å². The summed E-state index contributed by atoms with van der Waals surface area (Å²) in [7, 11) is 1.73. The summed E-state index contributed by atoms with van der Waals surface area (Å²) in [6, 6.07) is 111. The molecule has 0 amide bonds. The average Bonchev–Trinajstić information content (AvgIpc) is 1.14. The summed E-state index contributed by atoms with van der Waals surface area (Å²) >= 11 is 0. The van der Waals surface area contributed by atoms with Crippen molar-refractivity contribution in [1.29, 1.82) is 0 Å². The van der Waals surface area contributed by atoms with Gasteiger partial charge < -0.3 is 28.9 Å². The number of carbonyl (C=O) groups excluding carboxylic acids is 1. The summed E-state index contributed by atoms with van der Waals surface area (Å²) in [5.41, 5.74) is 12.3. The van der Waals surface area contributed by atoms with Crippen LogP contribution in [0.5, 0.6) is 23.3 Å². The summed E-state index contributed by atoms with van der Waals surface area (Å²) in [6.07, 6.45) is 21.2. The van der Waals surface area contributed by atoms with Crippen molar-refractivity contribution in [3.8, 4) is 68.7 Å². The Labute approximate surface area is 854 Å². The maximum Gasteiger partial charge on any atom is 2.00 e. The molecule has 0 aliphatic heterocycles. The quantitative estimate of drug-likeness (QED) is 0.0621. The summed E-state index contributed by atoms with van der Waals surface area (Å²) in [6.45, 7) is 17.5. The van der Waals surface area contributed by atoms with Crippen LogP contribution in [0.25, 0.3) is 45.4 Å². The number of benzene rings is 9. The number of rotatable bonds is 22.